The van der Waals surface area contributed by atoms with Gasteiger partial charge >= 0.3 is 0 Å². The van der Waals surface area contributed by atoms with Gasteiger partial charge in [0.2, 0.25) is 5.91 Å². The lowest BCUT2D eigenvalue weighted by molar-refractivity contribution is -0.127. The minimum Gasteiger partial charge on any atom is -0.393 e. The second kappa shape index (κ2) is 6.21. The van der Waals surface area contributed by atoms with Crippen LogP contribution >= 0.6 is 0 Å². The van der Waals surface area contributed by atoms with Gasteiger partial charge in [-0.05, 0) is 33.1 Å². The van der Waals surface area contributed by atoms with Crippen molar-refractivity contribution < 1.29 is 15.0 Å². The highest BCUT2D eigenvalue weighted by Gasteiger charge is 2.25. The largest absolute Gasteiger partial charge is 0.393 e. The zero-order valence-electron chi connectivity index (χ0n) is 10.1. The molecule has 0 aromatic carbocycles. The Labute approximate surface area is 97.3 Å². The molecule has 1 rings (SSSR count). The average Bonchev–Trinajstić information content (AvgIpc) is 2.49. The third kappa shape index (κ3) is 4.49. The number of likely N-dealkylation sites (tertiary alicyclic amines) is 1. The Hall–Kier alpha value is -0.610. The van der Waals surface area contributed by atoms with Crippen LogP contribution in [0.5, 0.6) is 0 Å². The van der Waals surface area contributed by atoms with Gasteiger partial charge in [0.1, 0.15) is 0 Å². The van der Waals surface area contributed by atoms with E-state index >= 15 is 0 Å². The molecule has 2 unspecified atom stereocenters. The van der Waals surface area contributed by atoms with Crippen molar-refractivity contribution in [3.05, 3.63) is 5.92 Å². The van der Waals surface area contributed by atoms with Crippen molar-refractivity contribution in [2.45, 2.75) is 51.7 Å². The Balaban J connectivity index is 2.45. The van der Waals surface area contributed by atoms with Crippen molar-refractivity contribution in [3.8, 4) is 0 Å². The molecule has 93 valence electrons. The molecular weight excluding hydrogens is 206 g/mol. The summed E-state index contributed by atoms with van der Waals surface area (Å²) in [4.78, 5) is 13.3. The summed E-state index contributed by atoms with van der Waals surface area (Å²) >= 11 is 0. The Kier molecular flexibility index (Phi) is 5.22. The van der Waals surface area contributed by atoms with Crippen molar-refractivity contribution >= 4 is 5.91 Å². The number of hydrogen-bond donors (Lipinski definition) is 2. The zero-order valence-corrected chi connectivity index (χ0v) is 10.1. The van der Waals surface area contributed by atoms with E-state index in [-0.39, 0.29) is 5.91 Å². The van der Waals surface area contributed by atoms with Crippen LogP contribution in [-0.2, 0) is 4.79 Å². The molecule has 1 aliphatic rings. The van der Waals surface area contributed by atoms with Gasteiger partial charge in [-0.1, -0.05) is 0 Å². The van der Waals surface area contributed by atoms with Crippen molar-refractivity contribution in [2.75, 3.05) is 13.1 Å². The lowest BCUT2D eigenvalue weighted by atomic mass is 9.95. The van der Waals surface area contributed by atoms with E-state index in [0.29, 0.717) is 25.8 Å². The maximum atomic E-state index is 11.5. The molecular formula is C12H22NO3. The standard InChI is InChI=1S/C12H22NO3/c1-9(14)6-11(7-10(2)15)8-13-5-3-4-12(13)16/h9-10,14-15H,3-8H2,1-2H3. The van der Waals surface area contributed by atoms with Gasteiger partial charge in [0.25, 0.3) is 0 Å². The number of rotatable bonds is 6. The first kappa shape index (κ1) is 13.5. The molecule has 1 saturated heterocycles. The molecule has 1 radical (unpaired) electrons. The van der Waals surface area contributed by atoms with Crippen LogP contribution in [0.25, 0.3) is 0 Å². The van der Waals surface area contributed by atoms with E-state index in [4.69, 9.17) is 0 Å². The van der Waals surface area contributed by atoms with Crippen LogP contribution in [0.2, 0.25) is 0 Å². The van der Waals surface area contributed by atoms with E-state index in [0.717, 1.165) is 18.9 Å². The van der Waals surface area contributed by atoms with E-state index < -0.39 is 12.2 Å². The maximum Gasteiger partial charge on any atom is 0.222 e. The van der Waals surface area contributed by atoms with E-state index in [1.165, 1.54) is 0 Å². The van der Waals surface area contributed by atoms with Gasteiger partial charge in [-0.2, -0.15) is 0 Å². The van der Waals surface area contributed by atoms with Gasteiger partial charge in [-0.3, -0.25) is 4.79 Å². The molecule has 4 heteroatoms. The summed E-state index contributed by atoms with van der Waals surface area (Å²) in [6, 6.07) is 0. The van der Waals surface area contributed by atoms with Gasteiger partial charge in [0, 0.05) is 25.4 Å². The molecule has 2 atom stereocenters. The van der Waals surface area contributed by atoms with Gasteiger partial charge in [0.05, 0.1) is 12.2 Å². The highest BCUT2D eigenvalue weighted by atomic mass is 16.3. The fourth-order valence-electron chi connectivity index (χ4n) is 2.19. The molecule has 1 fully saturated rings. The molecule has 1 amide bonds. The molecule has 0 aliphatic carbocycles. The second-order valence-electron chi connectivity index (χ2n) is 4.78. The fraction of sp³-hybridized carbons (Fsp3) is 0.833. The van der Waals surface area contributed by atoms with E-state index in [1.54, 1.807) is 13.8 Å². The quantitative estimate of drug-likeness (QED) is 0.704. The molecule has 0 aromatic heterocycles. The summed E-state index contributed by atoms with van der Waals surface area (Å²) in [6.07, 6.45) is 1.87. The van der Waals surface area contributed by atoms with Gasteiger partial charge in [0.15, 0.2) is 0 Å². The highest BCUT2D eigenvalue weighted by molar-refractivity contribution is 5.78. The topological polar surface area (TPSA) is 60.8 Å². The molecule has 2 N–H and O–H groups in total. The summed E-state index contributed by atoms with van der Waals surface area (Å²) < 4.78 is 0. The van der Waals surface area contributed by atoms with Gasteiger partial charge in [-0.15, -0.1) is 0 Å². The Morgan fingerprint density at radius 1 is 1.31 bits per heavy atom. The lowest BCUT2D eigenvalue weighted by Crippen LogP contribution is -2.32. The minimum absolute atomic E-state index is 0.189. The smallest absolute Gasteiger partial charge is 0.222 e. The summed E-state index contributed by atoms with van der Waals surface area (Å²) in [5.41, 5.74) is 0. The van der Waals surface area contributed by atoms with Crippen molar-refractivity contribution in [1.29, 1.82) is 0 Å². The molecule has 1 aliphatic heterocycles. The van der Waals surface area contributed by atoms with E-state index in [1.807, 2.05) is 4.90 Å². The first-order valence-electron chi connectivity index (χ1n) is 5.96. The van der Waals surface area contributed by atoms with Crippen molar-refractivity contribution in [2.24, 2.45) is 0 Å². The number of carbonyl (C=O) groups is 1. The molecule has 0 aromatic rings. The predicted molar refractivity (Wildman–Crippen MR) is 61.7 cm³/mol. The molecule has 1 heterocycles. The van der Waals surface area contributed by atoms with Crippen LogP contribution < -0.4 is 0 Å². The third-order valence-electron chi connectivity index (χ3n) is 2.75. The second-order valence-corrected chi connectivity index (χ2v) is 4.78. The number of hydrogen-bond acceptors (Lipinski definition) is 3. The third-order valence-corrected chi connectivity index (χ3v) is 2.75. The average molecular weight is 228 g/mol. The van der Waals surface area contributed by atoms with Crippen LogP contribution in [0.1, 0.15) is 39.5 Å². The maximum absolute atomic E-state index is 11.5. The summed E-state index contributed by atoms with van der Waals surface area (Å²) in [5, 5.41) is 18.7. The number of nitrogens with zero attached hydrogens (tertiary/aromatic N) is 1. The number of amides is 1. The van der Waals surface area contributed by atoms with E-state index in [2.05, 4.69) is 0 Å². The van der Waals surface area contributed by atoms with Crippen molar-refractivity contribution in [1.82, 2.24) is 4.90 Å². The minimum atomic E-state index is -0.411. The van der Waals surface area contributed by atoms with Gasteiger partial charge < -0.3 is 15.1 Å². The lowest BCUT2D eigenvalue weighted by Gasteiger charge is -2.25. The number of aliphatic hydroxyl groups is 2. The molecule has 0 spiro atoms. The van der Waals surface area contributed by atoms with Gasteiger partial charge in [-0.25, -0.2) is 0 Å². The molecule has 0 saturated carbocycles. The first-order valence-corrected chi connectivity index (χ1v) is 5.96. The monoisotopic (exact) mass is 228 g/mol. The fourth-order valence-corrected chi connectivity index (χ4v) is 2.19. The summed E-state index contributed by atoms with van der Waals surface area (Å²) in [6.45, 7) is 4.86. The van der Waals surface area contributed by atoms with Crippen LogP contribution in [-0.4, -0.2) is 46.3 Å². The Bertz CT molecular complexity index is 218. The van der Waals surface area contributed by atoms with Crippen LogP contribution in [0, 0.1) is 5.92 Å². The van der Waals surface area contributed by atoms with Crippen LogP contribution in [0.3, 0.4) is 0 Å². The Morgan fingerprint density at radius 3 is 2.25 bits per heavy atom. The summed E-state index contributed by atoms with van der Waals surface area (Å²) in [7, 11) is 0. The van der Waals surface area contributed by atoms with Crippen LogP contribution in [0.15, 0.2) is 0 Å². The first-order chi connectivity index (χ1) is 7.49. The van der Waals surface area contributed by atoms with Crippen molar-refractivity contribution in [3.63, 3.8) is 0 Å². The molecule has 0 bridgehead atoms. The Morgan fingerprint density at radius 2 is 1.88 bits per heavy atom. The SMILES string of the molecule is CC(O)C[C](CC(C)O)CN1CCCC1=O. The number of aliphatic hydroxyl groups excluding tert-OH is 2. The van der Waals surface area contributed by atoms with E-state index in [9.17, 15) is 15.0 Å². The molecule has 4 nitrogen and oxygen atoms in total. The van der Waals surface area contributed by atoms with Crippen LogP contribution in [0.4, 0.5) is 0 Å². The summed E-state index contributed by atoms with van der Waals surface area (Å²) in [5.74, 6) is 1.24. The highest BCUT2D eigenvalue weighted by Crippen LogP contribution is 2.21. The predicted octanol–water partition coefficient (Wildman–Crippen LogP) is 0.725. The zero-order chi connectivity index (χ0) is 12.1. The number of carbonyl (C=O) groups excluding carboxylic acids is 1. The normalized spacial score (nSPS) is 20.6. The molecule has 16 heavy (non-hydrogen) atoms.